The fourth-order valence-electron chi connectivity index (χ4n) is 3.06. The first-order valence-electron chi connectivity index (χ1n) is 9.60. The molecule has 0 saturated heterocycles. The van der Waals surface area contributed by atoms with Gasteiger partial charge in [0.2, 0.25) is 0 Å². The molecule has 0 bridgehead atoms. The number of ether oxygens (including phenoxy) is 3. The van der Waals surface area contributed by atoms with E-state index in [-0.39, 0.29) is 29.3 Å². The third-order valence-corrected chi connectivity index (χ3v) is 5.80. The third kappa shape index (κ3) is 4.73. The first-order chi connectivity index (χ1) is 15.3. The predicted molar refractivity (Wildman–Crippen MR) is 123 cm³/mol. The molecule has 0 unspecified atom stereocenters. The number of aromatic nitrogens is 1. The Morgan fingerprint density at radius 3 is 2.34 bits per heavy atom. The SMILES string of the molecule is COc1ccc2nc(N(CCN(C)C)C(=O)c3cc(OC)c(OC)cc3[N+](=O)[O-])sc2c1. The zero-order chi connectivity index (χ0) is 23.4. The zero-order valence-electron chi connectivity index (χ0n) is 18.4. The molecule has 0 atom stereocenters. The van der Waals surface area contributed by atoms with Crippen molar-refractivity contribution in [1.29, 1.82) is 0 Å². The summed E-state index contributed by atoms with van der Waals surface area (Å²) in [7, 11) is 8.12. The van der Waals surface area contributed by atoms with Crippen molar-refractivity contribution in [2.75, 3.05) is 53.4 Å². The fourth-order valence-corrected chi connectivity index (χ4v) is 4.07. The lowest BCUT2D eigenvalue weighted by Crippen LogP contribution is -2.37. The molecule has 1 aromatic heterocycles. The second kappa shape index (κ2) is 9.79. The van der Waals surface area contributed by atoms with Gasteiger partial charge in [0.15, 0.2) is 16.6 Å². The Morgan fingerprint density at radius 2 is 1.75 bits per heavy atom. The van der Waals surface area contributed by atoms with Crippen LogP contribution >= 0.6 is 11.3 Å². The Bertz CT molecular complexity index is 1150. The van der Waals surface area contributed by atoms with Crippen LogP contribution in [0.1, 0.15) is 10.4 Å². The highest BCUT2D eigenvalue weighted by Crippen LogP contribution is 2.37. The highest BCUT2D eigenvalue weighted by molar-refractivity contribution is 7.22. The highest BCUT2D eigenvalue weighted by atomic mass is 32.1. The maximum absolute atomic E-state index is 13.6. The van der Waals surface area contributed by atoms with E-state index < -0.39 is 10.8 Å². The molecule has 0 aliphatic rings. The van der Waals surface area contributed by atoms with Crippen molar-refractivity contribution in [3.05, 3.63) is 46.0 Å². The number of likely N-dealkylation sites (N-methyl/N-ethyl adjacent to an activating group) is 1. The Kier molecular flexibility index (Phi) is 7.11. The molecule has 0 spiro atoms. The second-order valence-electron chi connectivity index (χ2n) is 7.07. The molecule has 11 heteroatoms. The lowest BCUT2D eigenvalue weighted by molar-refractivity contribution is -0.385. The molecule has 2 aromatic carbocycles. The van der Waals surface area contributed by atoms with E-state index in [1.54, 1.807) is 13.2 Å². The molecule has 3 aromatic rings. The van der Waals surface area contributed by atoms with E-state index in [1.807, 2.05) is 31.1 Å². The minimum atomic E-state index is -0.609. The number of hydrogen-bond acceptors (Lipinski definition) is 9. The van der Waals surface area contributed by atoms with Crippen LogP contribution in [0.2, 0.25) is 0 Å². The van der Waals surface area contributed by atoms with Gasteiger partial charge in [-0.1, -0.05) is 11.3 Å². The number of nitro groups is 1. The lowest BCUT2D eigenvalue weighted by Gasteiger charge is -2.22. The minimum absolute atomic E-state index is 0.108. The van der Waals surface area contributed by atoms with Crippen molar-refractivity contribution in [2.24, 2.45) is 0 Å². The third-order valence-electron chi connectivity index (χ3n) is 4.76. The summed E-state index contributed by atoms with van der Waals surface area (Å²) >= 11 is 1.31. The molecule has 0 saturated carbocycles. The number of methoxy groups -OCH3 is 3. The number of nitro benzene ring substituents is 1. The summed E-state index contributed by atoms with van der Waals surface area (Å²) in [6, 6.07) is 7.96. The molecular weight excluding hydrogens is 436 g/mol. The average Bonchev–Trinajstić information content (AvgIpc) is 3.20. The molecule has 3 rings (SSSR count). The van der Waals surface area contributed by atoms with Crippen molar-refractivity contribution in [3.63, 3.8) is 0 Å². The number of nitrogens with zero attached hydrogens (tertiary/aromatic N) is 4. The summed E-state index contributed by atoms with van der Waals surface area (Å²) in [5, 5.41) is 12.2. The van der Waals surface area contributed by atoms with Crippen molar-refractivity contribution in [3.8, 4) is 17.2 Å². The summed E-state index contributed by atoms with van der Waals surface area (Å²) in [4.78, 5) is 32.7. The Hall–Kier alpha value is -3.44. The Balaban J connectivity index is 2.12. The molecule has 1 amide bonds. The molecule has 10 nitrogen and oxygen atoms in total. The van der Waals surface area contributed by atoms with Gasteiger partial charge in [-0.2, -0.15) is 0 Å². The number of fused-ring (bicyclic) bond motifs is 1. The van der Waals surface area contributed by atoms with Crippen LogP contribution in [0.15, 0.2) is 30.3 Å². The zero-order valence-corrected chi connectivity index (χ0v) is 19.3. The van der Waals surface area contributed by atoms with Gasteiger partial charge in [0.25, 0.3) is 11.6 Å². The van der Waals surface area contributed by atoms with Crippen LogP contribution in [-0.2, 0) is 0 Å². The van der Waals surface area contributed by atoms with Crippen LogP contribution < -0.4 is 19.1 Å². The van der Waals surface area contributed by atoms with Gasteiger partial charge in [-0.3, -0.25) is 19.8 Å². The average molecular weight is 461 g/mol. The molecular formula is C21H24N4O6S. The number of carbonyl (C=O) groups excluding carboxylic acids is 1. The van der Waals surface area contributed by atoms with Gasteiger partial charge in [0, 0.05) is 19.2 Å². The largest absolute Gasteiger partial charge is 0.497 e. The minimum Gasteiger partial charge on any atom is -0.497 e. The second-order valence-corrected chi connectivity index (χ2v) is 8.08. The number of rotatable bonds is 9. The van der Waals surface area contributed by atoms with Gasteiger partial charge in [-0.15, -0.1) is 0 Å². The standard InChI is InChI=1S/C21H24N4O6S/c1-23(2)8-9-24(21-22-15-7-6-13(29-3)10-19(15)32-21)20(26)14-11-17(30-4)18(31-5)12-16(14)25(27)28/h6-7,10-12H,8-9H2,1-5H3. The van der Waals surface area contributed by atoms with E-state index in [1.165, 1.54) is 42.6 Å². The quantitative estimate of drug-likeness (QED) is 0.353. The van der Waals surface area contributed by atoms with Crippen LogP contribution in [0.5, 0.6) is 17.2 Å². The molecule has 0 fully saturated rings. The predicted octanol–water partition coefficient (Wildman–Crippen LogP) is 3.44. The van der Waals surface area contributed by atoms with Crippen LogP contribution in [0.3, 0.4) is 0 Å². The van der Waals surface area contributed by atoms with Crippen LogP contribution in [0.4, 0.5) is 10.8 Å². The molecule has 0 N–H and O–H groups in total. The van der Waals surface area contributed by atoms with E-state index in [0.717, 1.165) is 4.70 Å². The topological polar surface area (TPSA) is 107 Å². The van der Waals surface area contributed by atoms with Crippen LogP contribution in [-0.4, -0.2) is 69.2 Å². The normalized spacial score (nSPS) is 10.9. The van der Waals surface area contributed by atoms with Gasteiger partial charge < -0.3 is 19.1 Å². The summed E-state index contributed by atoms with van der Waals surface area (Å²) in [6.07, 6.45) is 0. The van der Waals surface area contributed by atoms with Crippen LogP contribution in [0, 0.1) is 10.1 Å². The van der Waals surface area contributed by atoms with E-state index >= 15 is 0 Å². The molecule has 170 valence electrons. The van der Waals surface area contributed by atoms with E-state index in [0.29, 0.717) is 22.9 Å². The number of amides is 1. The van der Waals surface area contributed by atoms with Gasteiger partial charge in [0.1, 0.15) is 11.3 Å². The smallest absolute Gasteiger partial charge is 0.286 e. The number of carbonyl (C=O) groups is 1. The van der Waals surface area contributed by atoms with Gasteiger partial charge in [-0.05, 0) is 32.3 Å². The van der Waals surface area contributed by atoms with Gasteiger partial charge in [0.05, 0.1) is 42.5 Å². The van der Waals surface area contributed by atoms with Crippen molar-refractivity contribution in [2.45, 2.75) is 0 Å². The molecule has 1 heterocycles. The number of hydrogen-bond donors (Lipinski definition) is 0. The molecule has 32 heavy (non-hydrogen) atoms. The van der Waals surface area contributed by atoms with E-state index in [2.05, 4.69) is 4.98 Å². The van der Waals surface area contributed by atoms with E-state index in [9.17, 15) is 14.9 Å². The monoisotopic (exact) mass is 460 g/mol. The number of thiazole rings is 1. The number of anilines is 1. The maximum atomic E-state index is 13.6. The van der Waals surface area contributed by atoms with Crippen LogP contribution in [0.25, 0.3) is 10.2 Å². The number of benzene rings is 2. The first-order valence-corrected chi connectivity index (χ1v) is 10.4. The molecule has 0 radical (unpaired) electrons. The molecule has 0 aliphatic carbocycles. The Labute approximate surface area is 189 Å². The Morgan fingerprint density at radius 1 is 1.06 bits per heavy atom. The van der Waals surface area contributed by atoms with E-state index in [4.69, 9.17) is 14.2 Å². The van der Waals surface area contributed by atoms with Crippen molar-refractivity contribution < 1.29 is 23.9 Å². The summed E-state index contributed by atoms with van der Waals surface area (Å²) < 4.78 is 16.5. The maximum Gasteiger partial charge on any atom is 0.286 e. The van der Waals surface area contributed by atoms with Crippen molar-refractivity contribution in [1.82, 2.24) is 9.88 Å². The summed E-state index contributed by atoms with van der Waals surface area (Å²) in [5.74, 6) is 0.519. The highest BCUT2D eigenvalue weighted by Gasteiger charge is 2.30. The summed E-state index contributed by atoms with van der Waals surface area (Å²) in [5.41, 5.74) is 0.226. The van der Waals surface area contributed by atoms with Gasteiger partial charge >= 0.3 is 0 Å². The van der Waals surface area contributed by atoms with Gasteiger partial charge in [-0.25, -0.2) is 4.98 Å². The summed E-state index contributed by atoms with van der Waals surface area (Å²) in [6.45, 7) is 0.820. The first kappa shape index (κ1) is 23.2. The lowest BCUT2D eigenvalue weighted by atomic mass is 10.1. The van der Waals surface area contributed by atoms with Crippen molar-refractivity contribution >= 4 is 38.3 Å². The molecule has 0 aliphatic heterocycles. The fraction of sp³-hybridized carbons (Fsp3) is 0.333.